The molecule has 0 atom stereocenters. The van der Waals surface area contributed by atoms with Gasteiger partial charge in [0.25, 0.3) is 5.91 Å². The van der Waals surface area contributed by atoms with E-state index in [1.165, 1.54) is 4.90 Å². The molecule has 24 heavy (non-hydrogen) atoms. The highest BCUT2D eigenvalue weighted by atomic mass is 32.2. The van der Waals surface area contributed by atoms with Crippen LogP contribution in [0.1, 0.15) is 43.6 Å². The third-order valence-corrected chi connectivity index (χ3v) is 5.47. The van der Waals surface area contributed by atoms with E-state index in [-0.39, 0.29) is 5.91 Å². The first-order valence-corrected chi connectivity index (χ1v) is 9.76. The van der Waals surface area contributed by atoms with E-state index in [2.05, 4.69) is 23.4 Å². The van der Waals surface area contributed by atoms with Crippen LogP contribution in [0.4, 0.5) is 0 Å². The Morgan fingerprint density at radius 3 is 2.67 bits per heavy atom. The quantitative estimate of drug-likeness (QED) is 0.826. The molecule has 4 nitrogen and oxygen atoms in total. The second-order valence-electron chi connectivity index (χ2n) is 7.39. The van der Waals surface area contributed by atoms with Crippen molar-refractivity contribution < 1.29 is 9.90 Å². The predicted molar refractivity (Wildman–Crippen MR) is 99.6 cm³/mol. The Balaban J connectivity index is 1.67. The number of H-pyrrole nitrogens is 1. The molecule has 1 saturated heterocycles. The summed E-state index contributed by atoms with van der Waals surface area (Å²) in [6.07, 6.45) is 4.79. The van der Waals surface area contributed by atoms with Gasteiger partial charge < -0.3 is 15.0 Å². The van der Waals surface area contributed by atoms with Gasteiger partial charge in [-0.1, -0.05) is 0 Å². The zero-order valence-electron chi connectivity index (χ0n) is 14.6. The molecule has 0 radical (unpaired) electrons. The van der Waals surface area contributed by atoms with Crippen LogP contribution in [0.3, 0.4) is 0 Å². The molecule has 1 aliphatic rings. The number of benzene rings is 1. The molecule has 2 heterocycles. The van der Waals surface area contributed by atoms with E-state index >= 15 is 0 Å². The summed E-state index contributed by atoms with van der Waals surface area (Å²) in [5.41, 5.74) is 1.06. The minimum Gasteiger partial charge on any atom is -0.390 e. The second-order valence-corrected chi connectivity index (χ2v) is 8.27. The number of hydrogen-bond donors (Lipinski definition) is 2. The molecule has 0 bridgehead atoms. The van der Waals surface area contributed by atoms with E-state index < -0.39 is 5.60 Å². The number of piperidine rings is 1. The number of amides is 1. The van der Waals surface area contributed by atoms with Gasteiger partial charge in [0, 0.05) is 28.9 Å². The van der Waals surface area contributed by atoms with Gasteiger partial charge in [-0.25, -0.2) is 0 Å². The van der Waals surface area contributed by atoms with E-state index in [0.29, 0.717) is 11.6 Å². The highest BCUT2D eigenvalue weighted by Gasteiger charge is 2.27. The minimum absolute atomic E-state index is 0.0820. The molecule has 5 heteroatoms. The Morgan fingerprint density at radius 1 is 1.33 bits per heavy atom. The number of nitrogens with zero attached hydrogens (tertiary/aromatic N) is 1. The first-order valence-electron chi connectivity index (χ1n) is 8.54. The SMILES string of the molecule is CSc1ccc2[nH]c(C(=O)N3CCC(CC(C)(C)O)CC3)cc2c1. The van der Waals surface area contributed by atoms with Crippen molar-refractivity contribution >= 4 is 28.6 Å². The van der Waals surface area contributed by atoms with Crippen LogP contribution in [-0.4, -0.2) is 45.8 Å². The van der Waals surface area contributed by atoms with Gasteiger partial charge in [-0.05, 0) is 69.5 Å². The molecule has 1 amide bonds. The van der Waals surface area contributed by atoms with Crippen molar-refractivity contribution in [2.45, 2.75) is 43.6 Å². The van der Waals surface area contributed by atoms with Gasteiger partial charge >= 0.3 is 0 Å². The predicted octanol–water partition coefficient (Wildman–Crippen LogP) is 3.90. The summed E-state index contributed by atoms with van der Waals surface area (Å²) in [6, 6.07) is 8.18. The lowest BCUT2D eigenvalue weighted by Crippen LogP contribution is -2.40. The van der Waals surface area contributed by atoms with Gasteiger partial charge in [0.2, 0.25) is 0 Å². The maximum atomic E-state index is 12.8. The molecule has 2 aromatic rings. The number of rotatable bonds is 4. The Bertz CT molecular complexity index is 725. The fraction of sp³-hybridized carbons (Fsp3) is 0.526. The van der Waals surface area contributed by atoms with Crippen LogP contribution in [0.5, 0.6) is 0 Å². The third-order valence-electron chi connectivity index (χ3n) is 4.75. The maximum absolute atomic E-state index is 12.8. The fourth-order valence-electron chi connectivity index (χ4n) is 3.57. The molecular formula is C19H26N2O2S. The molecule has 130 valence electrons. The maximum Gasteiger partial charge on any atom is 0.270 e. The van der Waals surface area contributed by atoms with E-state index in [1.807, 2.05) is 30.9 Å². The summed E-state index contributed by atoms with van der Waals surface area (Å²) in [6.45, 7) is 5.26. The van der Waals surface area contributed by atoms with Gasteiger partial charge in [-0.3, -0.25) is 4.79 Å². The fourth-order valence-corrected chi connectivity index (χ4v) is 4.02. The summed E-state index contributed by atoms with van der Waals surface area (Å²) in [7, 11) is 0. The van der Waals surface area contributed by atoms with Crippen molar-refractivity contribution in [2.24, 2.45) is 5.92 Å². The van der Waals surface area contributed by atoms with Crippen molar-refractivity contribution in [3.63, 3.8) is 0 Å². The molecule has 3 rings (SSSR count). The third kappa shape index (κ3) is 3.95. The van der Waals surface area contributed by atoms with Crippen LogP contribution in [0.2, 0.25) is 0 Å². The zero-order chi connectivity index (χ0) is 17.3. The van der Waals surface area contributed by atoms with Gasteiger partial charge in [0.1, 0.15) is 5.69 Å². The number of aromatic amines is 1. The first kappa shape index (κ1) is 17.4. The van der Waals surface area contributed by atoms with Crippen LogP contribution >= 0.6 is 11.8 Å². The highest BCUT2D eigenvalue weighted by Crippen LogP contribution is 2.28. The number of aliphatic hydroxyl groups is 1. The van der Waals surface area contributed by atoms with Gasteiger partial charge in [-0.2, -0.15) is 0 Å². The van der Waals surface area contributed by atoms with Crippen molar-refractivity contribution in [3.05, 3.63) is 30.0 Å². The zero-order valence-corrected chi connectivity index (χ0v) is 15.4. The molecule has 0 saturated carbocycles. The smallest absolute Gasteiger partial charge is 0.270 e. The molecule has 1 aliphatic heterocycles. The van der Waals surface area contributed by atoms with E-state index in [0.717, 1.165) is 43.3 Å². The Hall–Kier alpha value is -1.46. The van der Waals surface area contributed by atoms with Crippen LogP contribution < -0.4 is 0 Å². The van der Waals surface area contributed by atoms with Crippen molar-refractivity contribution in [1.29, 1.82) is 0 Å². The molecule has 0 unspecified atom stereocenters. The Morgan fingerprint density at radius 2 is 2.04 bits per heavy atom. The lowest BCUT2D eigenvalue weighted by Gasteiger charge is -2.34. The normalized spacial score (nSPS) is 16.8. The molecule has 2 N–H and O–H groups in total. The van der Waals surface area contributed by atoms with Crippen LogP contribution in [0, 0.1) is 5.92 Å². The number of thioether (sulfide) groups is 1. The molecule has 0 aliphatic carbocycles. The topological polar surface area (TPSA) is 56.3 Å². The molecule has 1 fully saturated rings. The van der Waals surface area contributed by atoms with Crippen LogP contribution in [-0.2, 0) is 0 Å². The average Bonchev–Trinajstić information content (AvgIpc) is 2.96. The largest absolute Gasteiger partial charge is 0.390 e. The summed E-state index contributed by atoms with van der Waals surface area (Å²) >= 11 is 1.70. The van der Waals surface area contributed by atoms with Gasteiger partial charge in [0.05, 0.1) is 5.60 Å². The van der Waals surface area contributed by atoms with Crippen molar-refractivity contribution in [3.8, 4) is 0 Å². The number of carbonyl (C=O) groups is 1. The summed E-state index contributed by atoms with van der Waals surface area (Å²) in [5, 5.41) is 11.0. The second kappa shape index (κ2) is 6.81. The highest BCUT2D eigenvalue weighted by molar-refractivity contribution is 7.98. The Labute approximate surface area is 147 Å². The van der Waals surface area contributed by atoms with E-state index in [1.54, 1.807) is 11.8 Å². The summed E-state index contributed by atoms with van der Waals surface area (Å²) in [5.74, 6) is 0.583. The lowest BCUT2D eigenvalue weighted by molar-refractivity contribution is 0.0357. The number of nitrogens with one attached hydrogen (secondary N) is 1. The van der Waals surface area contributed by atoms with Gasteiger partial charge in [-0.15, -0.1) is 11.8 Å². The minimum atomic E-state index is -0.622. The molecule has 1 aromatic heterocycles. The molecule has 0 spiro atoms. The van der Waals surface area contributed by atoms with Gasteiger partial charge in [0.15, 0.2) is 0 Å². The number of carbonyl (C=O) groups excluding carboxylic acids is 1. The van der Waals surface area contributed by atoms with Crippen molar-refractivity contribution in [2.75, 3.05) is 19.3 Å². The Kier molecular flexibility index (Phi) is 4.92. The van der Waals surface area contributed by atoms with Crippen molar-refractivity contribution in [1.82, 2.24) is 9.88 Å². The summed E-state index contributed by atoms with van der Waals surface area (Å²) in [4.78, 5) is 19.1. The first-order chi connectivity index (χ1) is 11.4. The molecular weight excluding hydrogens is 320 g/mol. The number of fused-ring (bicyclic) bond motifs is 1. The van der Waals surface area contributed by atoms with Crippen LogP contribution in [0.25, 0.3) is 10.9 Å². The van der Waals surface area contributed by atoms with Crippen LogP contribution in [0.15, 0.2) is 29.2 Å². The van der Waals surface area contributed by atoms with E-state index in [9.17, 15) is 9.90 Å². The number of hydrogen-bond acceptors (Lipinski definition) is 3. The monoisotopic (exact) mass is 346 g/mol. The average molecular weight is 346 g/mol. The summed E-state index contributed by atoms with van der Waals surface area (Å²) < 4.78 is 0. The molecule has 1 aromatic carbocycles. The lowest BCUT2D eigenvalue weighted by atomic mass is 9.86. The van der Waals surface area contributed by atoms with E-state index in [4.69, 9.17) is 0 Å². The number of aromatic nitrogens is 1. The number of likely N-dealkylation sites (tertiary alicyclic amines) is 1. The standard InChI is InChI=1S/C19H26N2O2S/c1-19(2,23)12-13-6-8-21(9-7-13)18(22)17-11-14-10-15(24-3)4-5-16(14)20-17/h4-5,10-11,13,20,23H,6-9,12H2,1-3H3.